The number of aromatic nitrogens is 2. The number of pyridine rings is 1. The summed E-state index contributed by atoms with van der Waals surface area (Å²) in [5.41, 5.74) is 17.1. The molecule has 1 aliphatic carbocycles. The highest BCUT2D eigenvalue weighted by molar-refractivity contribution is 6.07. The topological polar surface area (TPSA) is 107 Å². The zero-order chi connectivity index (χ0) is 17.9. The molecule has 0 spiro atoms. The zero-order valence-electron chi connectivity index (χ0n) is 14.2. The molecule has 1 aromatic carbocycles. The van der Waals surface area contributed by atoms with Crippen LogP contribution < -0.4 is 11.5 Å². The molecule has 1 amide bonds. The highest BCUT2D eigenvalue weighted by Crippen LogP contribution is 2.41. The molecule has 128 valence electrons. The number of carbonyl (C=O) groups excluding carboxylic acids is 1. The molecule has 5 N–H and O–H groups in total. The third kappa shape index (κ3) is 2.33. The number of aryl methyl sites for hydroxylation is 1. The molecule has 0 unspecified atom stereocenters. The van der Waals surface area contributed by atoms with Crippen LogP contribution in [0, 0.1) is 13.8 Å². The number of hydrogen-bond acceptors (Lipinski definition) is 4. The van der Waals surface area contributed by atoms with Gasteiger partial charge in [0, 0.05) is 23.9 Å². The molecular weight excluding hydrogens is 316 g/mol. The third-order valence-corrected chi connectivity index (χ3v) is 4.96. The Balaban J connectivity index is 2.07. The van der Waals surface area contributed by atoms with Gasteiger partial charge in [-0.3, -0.25) is 4.79 Å². The number of phenols is 1. The van der Waals surface area contributed by atoms with Gasteiger partial charge >= 0.3 is 0 Å². The molecule has 1 saturated carbocycles. The summed E-state index contributed by atoms with van der Waals surface area (Å²) in [6.07, 6.45) is 6.03. The Morgan fingerprint density at radius 2 is 2.00 bits per heavy atom. The van der Waals surface area contributed by atoms with Crippen LogP contribution in [0.3, 0.4) is 0 Å². The largest absolute Gasteiger partial charge is 0.508 e. The summed E-state index contributed by atoms with van der Waals surface area (Å²) in [4.78, 5) is 16.7. The highest BCUT2D eigenvalue weighted by Gasteiger charge is 2.28. The Morgan fingerprint density at radius 1 is 1.28 bits per heavy atom. The number of rotatable bonds is 3. The maximum atomic E-state index is 12.1. The zero-order valence-corrected chi connectivity index (χ0v) is 14.2. The van der Waals surface area contributed by atoms with Crippen LogP contribution in [0.2, 0.25) is 0 Å². The number of hydrogen-bond donors (Lipinski definition) is 3. The van der Waals surface area contributed by atoms with Gasteiger partial charge in [-0.25, -0.2) is 4.98 Å². The molecule has 1 aliphatic rings. The van der Waals surface area contributed by atoms with Gasteiger partial charge in [0.25, 0.3) is 5.91 Å². The van der Waals surface area contributed by atoms with E-state index in [1.807, 2.05) is 36.7 Å². The van der Waals surface area contributed by atoms with Crippen LogP contribution in [0.4, 0.5) is 5.69 Å². The van der Waals surface area contributed by atoms with Crippen molar-refractivity contribution in [1.29, 1.82) is 0 Å². The van der Waals surface area contributed by atoms with Gasteiger partial charge in [-0.1, -0.05) is 6.07 Å². The van der Waals surface area contributed by atoms with Gasteiger partial charge in [-0.15, -0.1) is 0 Å². The number of nitrogen functional groups attached to an aromatic ring is 1. The molecule has 6 heteroatoms. The minimum Gasteiger partial charge on any atom is -0.508 e. The molecule has 0 aliphatic heterocycles. The molecule has 0 saturated heterocycles. The first kappa shape index (κ1) is 15.5. The summed E-state index contributed by atoms with van der Waals surface area (Å²) in [7, 11) is 0. The van der Waals surface area contributed by atoms with E-state index in [0.717, 1.165) is 29.7 Å². The fourth-order valence-corrected chi connectivity index (χ4v) is 3.43. The fraction of sp³-hybridized carbons (Fsp3) is 0.263. The van der Waals surface area contributed by atoms with E-state index >= 15 is 0 Å². The number of nitrogens with zero attached hydrogens (tertiary/aromatic N) is 2. The van der Waals surface area contributed by atoms with Gasteiger partial charge in [-0.2, -0.15) is 0 Å². The number of aromatic hydroxyl groups is 1. The van der Waals surface area contributed by atoms with E-state index in [9.17, 15) is 9.90 Å². The molecule has 1 fully saturated rings. The number of amides is 1. The van der Waals surface area contributed by atoms with Crippen LogP contribution in [0.5, 0.6) is 5.75 Å². The lowest BCUT2D eigenvalue weighted by molar-refractivity contribution is 0.100. The van der Waals surface area contributed by atoms with Crippen LogP contribution >= 0.6 is 0 Å². The molecule has 2 heterocycles. The Kier molecular flexibility index (Phi) is 3.25. The van der Waals surface area contributed by atoms with Crippen molar-refractivity contribution >= 4 is 17.2 Å². The summed E-state index contributed by atoms with van der Waals surface area (Å²) >= 11 is 0. The standard InChI is InChI=1S/C19H20N4O2/c1-9-3-6-14(24)10(2)15(9)12-7-23-8-13(11-4-5-11)22-19(23)16(17(12)20)18(21)25/h3,6-8,11,24H,4-5,20H2,1-2H3,(H2,21,25). The molecule has 0 bridgehead atoms. The van der Waals surface area contributed by atoms with Crippen molar-refractivity contribution in [3.8, 4) is 16.9 Å². The fourth-order valence-electron chi connectivity index (χ4n) is 3.43. The number of phenolic OH excluding ortho intramolecular Hbond substituents is 1. The van der Waals surface area contributed by atoms with Gasteiger partial charge in [0.05, 0.1) is 11.4 Å². The van der Waals surface area contributed by atoms with Crippen LogP contribution in [-0.4, -0.2) is 20.4 Å². The molecule has 4 rings (SSSR count). The molecule has 6 nitrogen and oxygen atoms in total. The van der Waals surface area contributed by atoms with Crippen molar-refractivity contribution in [2.24, 2.45) is 5.73 Å². The minimum absolute atomic E-state index is 0.185. The van der Waals surface area contributed by atoms with E-state index in [1.54, 1.807) is 6.07 Å². The third-order valence-electron chi connectivity index (χ3n) is 4.96. The van der Waals surface area contributed by atoms with Crippen molar-refractivity contribution in [2.75, 3.05) is 5.73 Å². The van der Waals surface area contributed by atoms with Gasteiger partial charge in [0.15, 0.2) is 5.65 Å². The lowest BCUT2D eigenvalue weighted by Crippen LogP contribution is -2.16. The van der Waals surface area contributed by atoms with E-state index in [2.05, 4.69) is 4.98 Å². The van der Waals surface area contributed by atoms with Gasteiger partial charge in [0.2, 0.25) is 0 Å². The first-order valence-electron chi connectivity index (χ1n) is 8.29. The monoisotopic (exact) mass is 336 g/mol. The lowest BCUT2D eigenvalue weighted by atomic mass is 9.93. The van der Waals surface area contributed by atoms with E-state index in [1.165, 1.54) is 0 Å². The van der Waals surface area contributed by atoms with Crippen LogP contribution in [0.1, 0.15) is 45.9 Å². The molecular formula is C19H20N4O2. The van der Waals surface area contributed by atoms with Crippen LogP contribution in [0.25, 0.3) is 16.8 Å². The number of anilines is 1. The van der Waals surface area contributed by atoms with Crippen molar-refractivity contribution in [3.05, 3.63) is 46.9 Å². The molecule has 0 atom stereocenters. The molecule has 3 aromatic rings. The normalized spacial score (nSPS) is 14.2. The van der Waals surface area contributed by atoms with Gasteiger partial charge in [-0.05, 0) is 49.4 Å². The number of fused-ring (bicyclic) bond motifs is 1. The second-order valence-electron chi connectivity index (χ2n) is 6.77. The predicted octanol–water partition coefficient (Wildman–Crippen LogP) is 2.88. The van der Waals surface area contributed by atoms with E-state index in [0.29, 0.717) is 28.4 Å². The predicted molar refractivity (Wildman–Crippen MR) is 96.7 cm³/mol. The molecule has 25 heavy (non-hydrogen) atoms. The molecule has 0 radical (unpaired) electrons. The first-order chi connectivity index (χ1) is 11.9. The van der Waals surface area contributed by atoms with Crippen LogP contribution in [0.15, 0.2) is 24.5 Å². The Morgan fingerprint density at radius 3 is 2.64 bits per heavy atom. The van der Waals surface area contributed by atoms with Gasteiger partial charge in [0.1, 0.15) is 11.3 Å². The van der Waals surface area contributed by atoms with Crippen molar-refractivity contribution in [3.63, 3.8) is 0 Å². The Bertz CT molecular complexity index is 1030. The van der Waals surface area contributed by atoms with Crippen molar-refractivity contribution in [2.45, 2.75) is 32.6 Å². The van der Waals surface area contributed by atoms with Gasteiger partial charge < -0.3 is 21.0 Å². The van der Waals surface area contributed by atoms with Crippen LogP contribution in [-0.2, 0) is 0 Å². The van der Waals surface area contributed by atoms with E-state index in [-0.39, 0.29) is 11.3 Å². The summed E-state index contributed by atoms with van der Waals surface area (Å²) in [5, 5.41) is 10.1. The second kappa shape index (κ2) is 5.24. The van der Waals surface area contributed by atoms with E-state index in [4.69, 9.17) is 11.5 Å². The first-order valence-corrected chi connectivity index (χ1v) is 8.29. The van der Waals surface area contributed by atoms with E-state index < -0.39 is 5.91 Å². The summed E-state index contributed by atoms with van der Waals surface area (Å²) in [6.45, 7) is 3.77. The number of nitrogens with two attached hydrogens (primary N) is 2. The SMILES string of the molecule is Cc1ccc(O)c(C)c1-c1cn2cc(C3CC3)nc2c(C(N)=O)c1N. The summed E-state index contributed by atoms with van der Waals surface area (Å²) in [5.74, 6) is 0.0346. The number of carbonyl (C=O) groups is 1. The Labute approximate surface area is 145 Å². The summed E-state index contributed by atoms with van der Waals surface area (Å²) < 4.78 is 1.82. The quantitative estimate of drug-likeness (QED) is 0.683. The smallest absolute Gasteiger partial charge is 0.254 e. The maximum absolute atomic E-state index is 12.1. The number of primary amides is 1. The average Bonchev–Trinajstić information content (AvgIpc) is 3.32. The Hall–Kier alpha value is -3.02. The van der Waals surface area contributed by atoms with Crippen molar-refractivity contribution < 1.29 is 9.90 Å². The maximum Gasteiger partial charge on any atom is 0.254 e. The summed E-state index contributed by atoms with van der Waals surface area (Å²) in [6, 6.07) is 3.48. The number of benzene rings is 1. The highest BCUT2D eigenvalue weighted by atomic mass is 16.3. The minimum atomic E-state index is -0.604. The number of imidazole rings is 1. The average molecular weight is 336 g/mol. The molecule has 2 aromatic heterocycles. The van der Waals surface area contributed by atoms with Crippen molar-refractivity contribution in [1.82, 2.24) is 9.38 Å². The second-order valence-corrected chi connectivity index (χ2v) is 6.77. The lowest BCUT2D eigenvalue weighted by Gasteiger charge is -2.16.